The summed E-state index contributed by atoms with van der Waals surface area (Å²) < 4.78 is 0. The SMILES string of the molecule is CCCCCCCCCCC/C=C/CCCCCCCc1cccc2ccccc12. The van der Waals surface area contributed by atoms with Crippen molar-refractivity contribution in [1.29, 1.82) is 0 Å². The molecule has 0 aliphatic heterocycles. The Morgan fingerprint density at radius 1 is 0.533 bits per heavy atom. The highest BCUT2D eigenvalue weighted by atomic mass is 14.0. The van der Waals surface area contributed by atoms with E-state index >= 15 is 0 Å². The van der Waals surface area contributed by atoms with Gasteiger partial charge in [-0.2, -0.15) is 0 Å². The molecule has 30 heavy (non-hydrogen) atoms. The Bertz CT molecular complexity index is 676. The van der Waals surface area contributed by atoms with Crippen molar-refractivity contribution in [3.05, 3.63) is 60.2 Å². The smallest absolute Gasteiger partial charge is 0.0152 e. The second-order valence-corrected chi connectivity index (χ2v) is 9.03. The quantitative estimate of drug-likeness (QED) is 0.170. The molecule has 0 aliphatic rings. The van der Waals surface area contributed by atoms with Crippen LogP contribution in [0.25, 0.3) is 10.8 Å². The van der Waals surface area contributed by atoms with E-state index in [1.54, 1.807) is 0 Å². The fourth-order valence-electron chi connectivity index (χ4n) is 4.43. The zero-order valence-corrected chi connectivity index (χ0v) is 19.7. The van der Waals surface area contributed by atoms with Crippen molar-refractivity contribution in [1.82, 2.24) is 0 Å². The van der Waals surface area contributed by atoms with Crippen LogP contribution in [0.15, 0.2) is 54.6 Å². The zero-order chi connectivity index (χ0) is 21.1. The molecule has 2 rings (SSSR count). The highest BCUT2D eigenvalue weighted by molar-refractivity contribution is 5.85. The molecule has 0 radical (unpaired) electrons. The van der Waals surface area contributed by atoms with Crippen LogP contribution in [0.5, 0.6) is 0 Å². The molecule has 0 amide bonds. The van der Waals surface area contributed by atoms with E-state index in [2.05, 4.69) is 61.5 Å². The first kappa shape index (κ1) is 24.7. The molecular formula is C30H46. The Morgan fingerprint density at radius 2 is 1.07 bits per heavy atom. The van der Waals surface area contributed by atoms with Gasteiger partial charge in [0.15, 0.2) is 0 Å². The molecule has 2 aromatic rings. The van der Waals surface area contributed by atoms with Crippen LogP contribution in [-0.2, 0) is 6.42 Å². The van der Waals surface area contributed by atoms with Crippen LogP contribution in [0.2, 0.25) is 0 Å². The van der Waals surface area contributed by atoms with Crippen molar-refractivity contribution in [2.75, 3.05) is 0 Å². The molecule has 0 atom stereocenters. The van der Waals surface area contributed by atoms with Crippen molar-refractivity contribution in [3.8, 4) is 0 Å². The molecule has 0 heteroatoms. The second kappa shape index (κ2) is 17.2. The number of aryl methyl sites for hydroxylation is 1. The van der Waals surface area contributed by atoms with E-state index in [9.17, 15) is 0 Å². The van der Waals surface area contributed by atoms with Crippen LogP contribution in [-0.4, -0.2) is 0 Å². The van der Waals surface area contributed by atoms with Gasteiger partial charge in [-0.3, -0.25) is 0 Å². The van der Waals surface area contributed by atoms with Gasteiger partial charge >= 0.3 is 0 Å². The molecule has 166 valence electrons. The van der Waals surface area contributed by atoms with Crippen molar-refractivity contribution < 1.29 is 0 Å². The summed E-state index contributed by atoms with van der Waals surface area (Å²) in [6.07, 6.45) is 28.3. The lowest BCUT2D eigenvalue weighted by atomic mass is 9.99. The molecule has 0 heterocycles. The van der Waals surface area contributed by atoms with E-state index in [-0.39, 0.29) is 0 Å². The second-order valence-electron chi connectivity index (χ2n) is 9.03. The minimum atomic E-state index is 1.22. The third-order valence-corrected chi connectivity index (χ3v) is 6.34. The van der Waals surface area contributed by atoms with E-state index < -0.39 is 0 Å². The van der Waals surface area contributed by atoms with E-state index in [0.717, 1.165) is 0 Å². The van der Waals surface area contributed by atoms with Gasteiger partial charge in [0.1, 0.15) is 0 Å². The molecule has 2 aromatic carbocycles. The number of benzene rings is 2. The van der Waals surface area contributed by atoms with Crippen molar-refractivity contribution in [2.45, 2.75) is 116 Å². The van der Waals surface area contributed by atoms with Gasteiger partial charge in [-0.15, -0.1) is 0 Å². The minimum absolute atomic E-state index is 1.22. The molecule has 0 saturated heterocycles. The fourth-order valence-corrected chi connectivity index (χ4v) is 4.43. The summed E-state index contributed by atoms with van der Waals surface area (Å²) in [6, 6.07) is 15.5. The zero-order valence-electron chi connectivity index (χ0n) is 19.7. The summed E-state index contributed by atoms with van der Waals surface area (Å²) in [5.74, 6) is 0. The first-order valence-electron chi connectivity index (χ1n) is 13.0. The van der Waals surface area contributed by atoms with Gasteiger partial charge in [0.2, 0.25) is 0 Å². The van der Waals surface area contributed by atoms with Crippen LogP contribution < -0.4 is 0 Å². The van der Waals surface area contributed by atoms with Crippen LogP contribution in [0.3, 0.4) is 0 Å². The van der Waals surface area contributed by atoms with Crippen molar-refractivity contribution in [3.63, 3.8) is 0 Å². The largest absolute Gasteiger partial charge is 0.0885 e. The highest BCUT2D eigenvalue weighted by Gasteiger charge is 2.00. The number of hydrogen-bond donors (Lipinski definition) is 0. The number of fused-ring (bicyclic) bond motifs is 1. The van der Waals surface area contributed by atoms with Gasteiger partial charge < -0.3 is 0 Å². The van der Waals surface area contributed by atoms with Gasteiger partial charge in [0.05, 0.1) is 0 Å². The average molecular weight is 407 g/mol. The summed E-state index contributed by atoms with van der Waals surface area (Å²) in [5, 5.41) is 2.82. The van der Waals surface area contributed by atoms with Crippen LogP contribution in [0.1, 0.15) is 115 Å². The Morgan fingerprint density at radius 3 is 1.73 bits per heavy atom. The maximum Gasteiger partial charge on any atom is -0.0152 e. The molecule has 0 aliphatic carbocycles. The molecule has 0 nitrogen and oxygen atoms in total. The predicted octanol–water partition coefficient (Wildman–Crippen LogP) is 10.2. The van der Waals surface area contributed by atoms with Gasteiger partial charge in [-0.25, -0.2) is 0 Å². The van der Waals surface area contributed by atoms with Gasteiger partial charge in [-0.05, 0) is 54.9 Å². The molecule has 0 spiro atoms. The van der Waals surface area contributed by atoms with E-state index in [0.29, 0.717) is 0 Å². The van der Waals surface area contributed by atoms with Crippen LogP contribution in [0, 0.1) is 0 Å². The molecule has 0 fully saturated rings. The molecule has 0 bridgehead atoms. The Hall–Kier alpha value is -1.56. The first-order valence-corrected chi connectivity index (χ1v) is 13.0. The van der Waals surface area contributed by atoms with Crippen molar-refractivity contribution >= 4 is 10.8 Å². The van der Waals surface area contributed by atoms with E-state index in [1.165, 1.54) is 125 Å². The summed E-state index contributed by atoms with van der Waals surface area (Å²) in [7, 11) is 0. The average Bonchev–Trinajstić information content (AvgIpc) is 2.78. The van der Waals surface area contributed by atoms with Gasteiger partial charge in [0, 0.05) is 0 Å². The normalized spacial score (nSPS) is 11.6. The lowest BCUT2D eigenvalue weighted by Crippen LogP contribution is -1.88. The van der Waals surface area contributed by atoms with Crippen molar-refractivity contribution in [2.24, 2.45) is 0 Å². The lowest BCUT2D eigenvalue weighted by Gasteiger charge is -2.06. The third kappa shape index (κ3) is 11.0. The third-order valence-electron chi connectivity index (χ3n) is 6.34. The Labute approximate surface area is 187 Å². The summed E-state index contributed by atoms with van der Waals surface area (Å²) >= 11 is 0. The monoisotopic (exact) mass is 406 g/mol. The summed E-state index contributed by atoms with van der Waals surface area (Å²) in [5.41, 5.74) is 1.52. The predicted molar refractivity (Wildman–Crippen MR) is 136 cm³/mol. The van der Waals surface area contributed by atoms with Gasteiger partial charge in [-0.1, -0.05) is 132 Å². The maximum absolute atomic E-state index is 2.43. The highest BCUT2D eigenvalue weighted by Crippen LogP contribution is 2.20. The minimum Gasteiger partial charge on any atom is -0.0885 e. The Balaban J connectivity index is 1.37. The fraction of sp³-hybridized carbons (Fsp3) is 0.600. The summed E-state index contributed by atoms with van der Waals surface area (Å²) in [4.78, 5) is 0. The molecule has 0 N–H and O–H groups in total. The number of rotatable bonds is 18. The molecule has 0 saturated carbocycles. The topological polar surface area (TPSA) is 0 Å². The summed E-state index contributed by atoms with van der Waals surface area (Å²) in [6.45, 7) is 2.29. The Kier molecular flexibility index (Phi) is 14.1. The lowest BCUT2D eigenvalue weighted by molar-refractivity contribution is 0.566. The van der Waals surface area contributed by atoms with E-state index in [4.69, 9.17) is 0 Å². The van der Waals surface area contributed by atoms with Gasteiger partial charge in [0.25, 0.3) is 0 Å². The van der Waals surface area contributed by atoms with Crippen LogP contribution >= 0.6 is 0 Å². The maximum atomic E-state index is 2.43. The van der Waals surface area contributed by atoms with E-state index in [1.807, 2.05) is 0 Å². The van der Waals surface area contributed by atoms with Crippen LogP contribution in [0.4, 0.5) is 0 Å². The number of allylic oxidation sites excluding steroid dienone is 2. The first-order chi connectivity index (χ1) is 14.9. The molecular weight excluding hydrogens is 360 g/mol. The molecule has 0 aromatic heterocycles. The number of unbranched alkanes of at least 4 members (excludes halogenated alkanes) is 14. The standard InChI is InChI=1S/C30H46/c1-2-3-4-5-6-7-8-9-10-11-12-13-14-15-16-17-18-19-23-28-25-22-26-29-24-20-21-27-30(28)29/h12-13,20-22,24-27H,2-11,14-19,23H2,1H3/b13-12+. The number of hydrogen-bond acceptors (Lipinski definition) is 0. The molecule has 0 unspecified atom stereocenters.